The Labute approximate surface area is 99.1 Å². The standard InChI is InChI=1S/C9H10FN3O5/c1-4(14)11-6(8(16)17)3-13-2-5(10)7(15)12-9(13)18/h2,6H,3H2,1H3,(H,11,14)(H,16,17)(H,12,15,18). The quantitative estimate of drug-likeness (QED) is 0.593. The lowest BCUT2D eigenvalue weighted by molar-refractivity contribution is -0.142. The fourth-order valence-electron chi connectivity index (χ4n) is 1.25. The molecule has 9 heteroatoms. The summed E-state index contributed by atoms with van der Waals surface area (Å²) in [6.45, 7) is 0.605. The summed E-state index contributed by atoms with van der Waals surface area (Å²) in [5.74, 6) is -3.22. The number of aromatic amines is 1. The van der Waals surface area contributed by atoms with Gasteiger partial charge in [0.1, 0.15) is 6.04 Å². The predicted octanol–water partition coefficient (Wildman–Crippen LogP) is -1.73. The molecule has 1 rings (SSSR count). The summed E-state index contributed by atoms with van der Waals surface area (Å²) in [5, 5.41) is 10.9. The molecule has 0 aliphatic heterocycles. The molecular weight excluding hydrogens is 249 g/mol. The van der Waals surface area contributed by atoms with Crippen LogP contribution in [-0.2, 0) is 16.1 Å². The van der Waals surface area contributed by atoms with Crippen LogP contribution in [0.2, 0.25) is 0 Å². The van der Waals surface area contributed by atoms with Gasteiger partial charge in [-0.3, -0.25) is 19.1 Å². The number of carboxylic acids is 1. The number of carbonyl (C=O) groups excluding carboxylic acids is 1. The molecule has 3 N–H and O–H groups in total. The number of aliphatic carboxylic acids is 1. The van der Waals surface area contributed by atoms with Gasteiger partial charge in [-0.05, 0) is 0 Å². The van der Waals surface area contributed by atoms with E-state index in [2.05, 4.69) is 5.32 Å². The zero-order valence-electron chi connectivity index (χ0n) is 9.27. The van der Waals surface area contributed by atoms with E-state index >= 15 is 0 Å². The van der Waals surface area contributed by atoms with Gasteiger partial charge in [0.15, 0.2) is 0 Å². The van der Waals surface area contributed by atoms with Crippen molar-refractivity contribution in [3.8, 4) is 0 Å². The molecule has 0 aliphatic rings. The van der Waals surface area contributed by atoms with Gasteiger partial charge in [-0.2, -0.15) is 4.39 Å². The zero-order valence-corrected chi connectivity index (χ0v) is 9.27. The smallest absolute Gasteiger partial charge is 0.328 e. The van der Waals surface area contributed by atoms with E-state index in [1.54, 1.807) is 4.98 Å². The molecular formula is C9H10FN3O5. The van der Waals surface area contributed by atoms with E-state index in [-0.39, 0.29) is 0 Å². The van der Waals surface area contributed by atoms with Crippen molar-refractivity contribution < 1.29 is 19.1 Å². The molecule has 1 heterocycles. The SMILES string of the molecule is CC(=O)NC(Cn1cc(F)c(=O)[nH]c1=O)C(=O)O. The van der Waals surface area contributed by atoms with Crippen molar-refractivity contribution in [3.05, 3.63) is 32.9 Å². The largest absolute Gasteiger partial charge is 0.480 e. The van der Waals surface area contributed by atoms with Crippen molar-refractivity contribution in [2.75, 3.05) is 0 Å². The van der Waals surface area contributed by atoms with Crippen molar-refractivity contribution in [1.29, 1.82) is 0 Å². The molecule has 0 spiro atoms. The molecule has 1 atom stereocenters. The summed E-state index contributed by atoms with van der Waals surface area (Å²) < 4.78 is 13.6. The first-order chi connectivity index (χ1) is 8.31. The van der Waals surface area contributed by atoms with E-state index in [0.29, 0.717) is 10.8 Å². The second-order valence-corrected chi connectivity index (χ2v) is 3.48. The van der Waals surface area contributed by atoms with Gasteiger partial charge in [0.05, 0.1) is 12.7 Å². The van der Waals surface area contributed by atoms with E-state index in [0.717, 1.165) is 6.92 Å². The Morgan fingerprint density at radius 2 is 2.17 bits per heavy atom. The second kappa shape index (κ2) is 5.25. The van der Waals surface area contributed by atoms with Gasteiger partial charge in [-0.15, -0.1) is 0 Å². The van der Waals surface area contributed by atoms with Crippen LogP contribution in [0.4, 0.5) is 4.39 Å². The maximum absolute atomic E-state index is 12.9. The third-order valence-electron chi connectivity index (χ3n) is 2.02. The third-order valence-corrected chi connectivity index (χ3v) is 2.02. The molecule has 8 nitrogen and oxygen atoms in total. The normalized spacial score (nSPS) is 11.9. The first kappa shape index (κ1) is 13.6. The number of aromatic nitrogens is 2. The maximum atomic E-state index is 12.9. The van der Waals surface area contributed by atoms with Gasteiger partial charge in [-0.1, -0.05) is 0 Å². The number of H-pyrrole nitrogens is 1. The average Bonchev–Trinajstić information content (AvgIpc) is 2.23. The number of amides is 1. The Kier molecular flexibility index (Phi) is 3.97. The third kappa shape index (κ3) is 3.27. The van der Waals surface area contributed by atoms with Crippen molar-refractivity contribution in [2.45, 2.75) is 19.5 Å². The minimum atomic E-state index is -1.40. The molecule has 1 unspecified atom stereocenters. The van der Waals surface area contributed by atoms with E-state index in [1.165, 1.54) is 0 Å². The maximum Gasteiger partial charge on any atom is 0.328 e. The van der Waals surface area contributed by atoms with Crippen LogP contribution in [0.1, 0.15) is 6.92 Å². The summed E-state index contributed by atoms with van der Waals surface area (Å²) in [7, 11) is 0. The number of nitrogens with one attached hydrogen (secondary N) is 2. The summed E-state index contributed by atoms with van der Waals surface area (Å²) in [4.78, 5) is 45.3. The highest BCUT2D eigenvalue weighted by Gasteiger charge is 2.20. The molecule has 0 aliphatic carbocycles. The Bertz CT molecular complexity index is 591. The highest BCUT2D eigenvalue weighted by Crippen LogP contribution is 1.91. The van der Waals surface area contributed by atoms with Crippen LogP contribution in [0.5, 0.6) is 0 Å². The Morgan fingerprint density at radius 1 is 1.56 bits per heavy atom. The number of rotatable bonds is 4. The van der Waals surface area contributed by atoms with Crippen LogP contribution < -0.4 is 16.6 Å². The Morgan fingerprint density at radius 3 is 2.67 bits per heavy atom. The number of carbonyl (C=O) groups is 2. The monoisotopic (exact) mass is 259 g/mol. The van der Waals surface area contributed by atoms with Gasteiger partial charge in [0.25, 0.3) is 5.56 Å². The van der Waals surface area contributed by atoms with Gasteiger partial charge < -0.3 is 10.4 Å². The van der Waals surface area contributed by atoms with Crippen LogP contribution in [0.25, 0.3) is 0 Å². The van der Waals surface area contributed by atoms with E-state index in [1.807, 2.05) is 0 Å². The number of hydrogen-bond donors (Lipinski definition) is 3. The summed E-state index contributed by atoms with van der Waals surface area (Å²) >= 11 is 0. The number of hydrogen-bond acceptors (Lipinski definition) is 4. The molecule has 98 valence electrons. The fraction of sp³-hybridized carbons (Fsp3) is 0.333. The molecule has 0 bridgehead atoms. The number of carboxylic acid groups (broad SMARTS) is 1. The number of halogens is 1. The molecule has 1 aromatic heterocycles. The zero-order chi connectivity index (χ0) is 13.9. The van der Waals surface area contributed by atoms with Crippen LogP contribution in [0, 0.1) is 5.82 Å². The van der Waals surface area contributed by atoms with E-state index in [4.69, 9.17) is 5.11 Å². The van der Waals surface area contributed by atoms with Crippen LogP contribution in [0.15, 0.2) is 15.8 Å². The van der Waals surface area contributed by atoms with Gasteiger partial charge in [-0.25, -0.2) is 9.59 Å². The molecule has 1 aromatic rings. The lowest BCUT2D eigenvalue weighted by Crippen LogP contribution is -2.45. The van der Waals surface area contributed by atoms with E-state index in [9.17, 15) is 23.6 Å². The molecule has 18 heavy (non-hydrogen) atoms. The van der Waals surface area contributed by atoms with Crippen molar-refractivity contribution in [3.63, 3.8) is 0 Å². The van der Waals surface area contributed by atoms with Crippen LogP contribution >= 0.6 is 0 Å². The lowest BCUT2D eigenvalue weighted by atomic mass is 10.3. The Hall–Kier alpha value is -2.45. The minimum Gasteiger partial charge on any atom is -0.480 e. The first-order valence-electron chi connectivity index (χ1n) is 4.80. The molecule has 0 radical (unpaired) electrons. The molecule has 0 saturated carbocycles. The topological polar surface area (TPSA) is 121 Å². The van der Waals surface area contributed by atoms with Gasteiger partial charge in [0.2, 0.25) is 11.7 Å². The molecule has 1 amide bonds. The molecule has 0 aromatic carbocycles. The fourth-order valence-corrected chi connectivity index (χ4v) is 1.25. The first-order valence-corrected chi connectivity index (χ1v) is 4.80. The summed E-state index contributed by atoms with van der Waals surface area (Å²) in [5.41, 5.74) is -2.15. The number of nitrogens with zero attached hydrogens (tertiary/aromatic N) is 1. The van der Waals surface area contributed by atoms with Crippen molar-refractivity contribution in [1.82, 2.24) is 14.9 Å². The summed E-state index contributed by atoms with van der Waals surface area (Å²) in [6.07, 6.45) is 0.582. The summed E-state index contributed by atoms with van der Waals surface area (Å²) in [6, 6.07) is -1.40. The Balaban J connectivity index is 3.04. The highest BCUT2D eigenvalue weighted by molar-refractivity contribution is 5.81. The van der Waals surface area contributed by atoms with Crippen molar-refractivity contribution >= 4 is 11.9 Å². The van der Waals surface area contributed by atoms with Gasteiger partial charge >= 0.3 is 11.7 Å². The van der Waals surface area contributed by atoms with Gasteiger partial charge in [0, 0.05) is 6.92 Å². The minimum absolute atomic E-state index is 0.499. The second-order valence-electron chi connectivity index (χ2n) is 3.48. The molecule has 0 fully saturated rings. The predicted molar refractivity (Wildman–Crippen MR) is 56.5 cm³/mol. The van der Waals surface area contributed by atoms with Crippen LogP contribution in [-0.4, -0.2) is 32.6 Å². The lowest BCUT2D eigenvalue weighted by Gasteiger charge is -2.14. The highest BCUT2D eigenvalue weighted by atomic mass is 19.1. The van der Waals surface area contributed by atoms with Crippen molar-refractivity contribution in [2.24, 2.45) is 0 Å². The van der Waals surface area contributed by atoms with Crippen LogP contribution in [0.3, 0.4) is 0 Å². The molecule has 0 saturated heterocycles. The van der Waals surface area contributed by atoms with E-state index < -0.39 is 41.5 Å². The average molecular weight is 259 g/mol.